The number of aromatic nitrogens is 1. The zero-order chi connectivity index (χ0) is 9.80. The van der Waals surface area contributed by atoms with Crippen LogP contribution in [0.25, 0.3) is 0 Å². The first-order valence-corrected chi connectivity index (χ1v) is 5.48. The van der Waals surface area contributed by atoms with Crippen LogP contribution in [0.2, 0.25) is 0 Å². The van der Waals surface area contributed by atoms with E-state index in [0.29, 0.717) is 0 Å². The third kappa shape index (κ3) is 2.55. The molecule has 0 spiro atoms. The van der Waals surface area contributed by atoms with Crippen LogP contribution in [0.5, 0.6) is 0 Å². The molecule has 0 radical (unpaired) electrons. The van der Waals surface area contributed by atoms with Gasteiger partial charge in [-0.25, -0.2) is 0 Å². The molecule has 0 bridgehead atoms. The maximum Gasteiger partial charge on any atom is 0.0372 e. The van der Waals surface area contributed by atoms with E-state index in [4.69, 9.17) is 0 Å². The van der Waals surface area contributed by atoms with E-state index >= 15 is 0 Å². The summed E-state index contributed by atoms with van der Waals surface area (Å²) in [6, 6.07) is 4.29. The molecular weight excluding hydrogens is 172 g/mol. The van der Waals surface area contributed by atoms with E-state index in [1.807, 2.05) is 13.1 Å². The fourth-order valence-electron chi connectivity index (χ4n) is 1.97. The van der Waals surface area contributed by atoms with Gasteiger partial charge in [0.2, 0.25) is 0 Å². The number of nitrogens with zero attached hydrogens (tertiary/aromatic N) is 2. The third-order valence-corrected chi connectivity index (χ3v) is 2.83. The Morgan fingerprint density at radius 2 is 2.00 bits per heavy atom. The van der Waals surface area contributed by atoms with E-state index in [0.717, 1.165) is 12.2 Å². The summed E-state index contributed by atoms with van der Waals surface area (Å²) in [6.45, 7) is 5.62. The lowest BCUT2D eigenvalue weighted by atomic mass is 10.1. The maximum absolute atomic E-state index is 4.32. The molecule has 1 saturated heterocycles. The second-order valence-electron chi connectivity index (χ2n) is 4.14. The molecule has 0 N–H and O–H groups in total. The van der Waals surface area contributed by atoms with Crippen molar-refractivity contribution < 1.29 is 0 Å². The van der Waals surface area contributed by atoms with Crippen molar-refractivity contribution in [3.63, 3.8) is 0 Å². The van der Waals surface area contributed by atoms with Crippen LogP contribution in [0.4, 0.5) is 0 Å². The largest absolute Gasteiger partial charge is 0.299 e. The quantitative estimate of drug-likeness (QED) is 0.711. The molecule has 0 atom stereocenters. The van der Waals surface area contributed by atoms with Crippen LogP contribution in [0.1, 0.15) is 30.5 Å². The van der Waals surface area contributed by atoms with E-state index in [2.05, 4.69) is 22.0 Å². The van der Waals surface area contributed by atoms with E-state index < -0.39 is 0 Å². The molecule has 1 aliphatic heterocycles. The van der Waals surface area contributed by atoms with Crippen LogP contribution >= 0.6 is 0 Å². The Bertz CT molecular complexity index is 273. The molecule has 0 amide bonds. The summed E-state index contributed by atoms with van der Waals surface area (Å²) in [7, 11) is 0. The number of rotatable bonds is 2. The van der Waals surface area contributed by atoms with Crippen LogP contribution in [0, 0.1) is 6.92 Å². The van der Waals surface area contributed by atoms with Gasteiger partial charge in [0.05, 0.1) is 0 Å². The molecule has 1 fully saturated rings. The highest BCUT2D eigenvalue weighted by Crippen LogP contribution is 2.12. The second-order valence-corrected chi connectivity index (χ2v) is 4.14. The van der Waals surface area contributed by atoms with Crippen molar-refractivity contribution in [3.8, 4) is 0 Å². The maximum atomic E-state index is 4.32. The first-order valence-electron chi connectivity index (χ1n) is 5.48. The molecule has 0 aliphatic carbocycles. The first-order chi connectivity index (χ1) is 6.84. The van der Waals surface area contributed by atoms with Crippen molar-refractivity contribution in [2.24, 2.45) is 0 Å². The first kappa shape index (κ1) is 9.66. The van der Waals surface area contributed by atoms with Gasteiger partial charge in [0, 0.05) is 18.4 Å². The molecule has 1 aromatic rings. The Morgan fingerprint density at radius 3 is 2.64 bits per heavy atom. The third-order valence-electron chi connectivity index (χ3n) is 2.83. The Balaban J connectivity index is 1.92. The summed E-state index contributed by atoms with van der Waals surface area (Å²) in [6.07, 6.45) is 6.13. The summed E-state index contributed by atoms with van der Waals surface area (Å²) in [5.41, 5.74) is 2.45. The zero-order valence-corrected chi connectivity index (χ0v) is 8.87. The average molecular weight is 190 g/mol. The van der Waals surface area contributed by atoms with Crippen LogP contribution in [0.3, 0.4) is 0 Å². The minimum absolute atomic E-state index is 1.08. The van der Waals surface area contributed by atoms with Crippen LogP contribution in [0.15, 0.2) is 18.3 Å². The Morgan fingerprint density at radius 1 is 1.21 bits per heavy atom. The molecule has 2 rings (SSSR count). The Kier molecular flexibility index (Phi) is 3.14. The molecule has 1 aliphatic rings. The van der Waals surface area contributed by atoms with Gasteiger partial charge in [-0.3, -0.25) is 9.88 Å². The van der Waals surface area contributed by atoms with Crippen molar-refractivity contribution in [2.75, 3.05) is 13.1 Å². The smallest absolute Gasteiger partial charge is 0.0372 e. The van der Waals surface area contributed by atoms with Gasteiger partial charge in [-0.05, 0) is 44.5 Å². The van der Waals surface area contributed by atoms with E-state index in [1.54, 1.807) is 0 Å². The molecule has 0 saturated carbocycles. The molecule has 76 valence electrons. The SMILES string of the molecule is Cc1ccc(CN2CCCCC2)cn1. The number of hydrogen-bond donors (Lipinski definition) is 0. The van der Waals surface area contributed by atoms with Gasteiger partial charge in [-0.1, -0.05) is 12.5 Å². The minimum atomic E-state index is 1.08. The van der Waals surface area contributed by atoms with Gasteiger partial charge in [0.25, 0.3) is 0 Å². The van der Waals surface area contributed by atoms with Crippen molar-refractivity contribution in [3.05, 3.63) is 29.6 Å². The highest BCUT2D eigenvalue weighted by molar-refractivity contribution is 5.12. The van der Waals surface area contributed by atoms with Gasteiger partial charge in [-0.15, -0.1) is 0 Å². The summed E-state index contributed by atoms with van der Waals surface area (Å²) >= 11 is 0. The summed E-state index contributed by atoms with van der Waals surface area (Å²) in [5, 5.41) is 0. The summed E-state index contributed by atoms with van der Waals surface area (Å²) < 4.78 is 0. The normalized spacial score (nSPS) is 18.4. The van der Waals surface area contributed by atoms with Crippen molar-refractivity contribution in [2.45, 2.75) is 32.7 Å². The lowest BCUT2D eigenvalue weighted by molar-refractivity contribution is 0.220. The molecule has 2 nitrogen and oxygen atoms in total. The fraction of sp³-hybridized carbons (Fsp3) is 0.583. The van der Waals surface area contributed by atoms with Gasteiger partial charge >= 0.3 is 0 Å². The predicted octanol–water partition coefficient (Wildman–Crippen LogP) is 2.38. The summed E-state index contributed by atoms with van der Waals surface area (Å²) in [4.78, 5) is 6.84. The van der Waals surface area contributed by atoms with Gasteiger partial charge in [0.1, 0.15) is 0 Å². The predicted molar refractivity (Wildman–Crippen MR) is 58.1 cm³/mol. The second kappa shape index (κ2) is 4.56. The molecule has 2 heterocycles. The van der Waals surface area contributed by atoms with Crippen molar-refractivity contribution in [1.29, 1.82) is 0 Å². The number of piperidine rings is 1. The van der Waals surface area contributed by atoms with Crippen LogP contribution < -0.4 is 0 Å². The van der Waals surface area contributed by atoms with Gasteiger partial charge in [0.15, 0.2) is 0 Å². The Hall–Kier alpha value is -0.890. The summed E-state index contributed by atoms with van der Waals surface area (Å²) in [5.74, 6) is 0. The number of pyridine rings is 1. The number of likely N-dealkylation sites (tertiary alicyclic amines) is 1. The molecule has 1 aromatic heterocycles. The highest BCUT2D eigenvalue weighted by Gasteiger charge is 2.09. The van der Waals surface area contributed by atoms with Gasteiger partial charge in [-0.2, -0.15) is 0 Å². The molecule has 0 aromatic carbocycles. The Labute approximate surface area is 86.0 Å². The standard InChI is InChI=1S/C12H18N2/c1-11-5-6-12(9-13-11)10-14-7-3-2-4-8-14/h5-6,9H,2-4,7-8,10H2,1H3. The topological polar surface area (TPSA) is 16.1 Å². The molecular formula is C12H18N2. The highest BCUT2D eigenvalue weighted by atomic mass is 15.1. The number of hydrogen-bond acceptors (Lipinski definition) is 2. The monoisotopic (exact) mass is 190 g/mol. The minimum Gasteiger partial charge on any atom is -0.299 e. The zero-order valence-electron chi connectivity index (χ0n) is 8.87. The molecule has 2 heteroatoms. The lowest BCUT2D eigenvalue weighted by Gasteiger charge is -2.26. The number of aryl methyl sites for hydroxylation is 1. The van der Waals surface area contributed by atoms with Crippen molar-refractivity contribution >= 4 is 0 Å². The lowest BCUT2D eigenvalue weighted by Crippen LogP contribution is -2.29. The van der Waals surface area contributed by atoms with Gasteiger partial charge < -0.3 is 0 Å². The van der Waals surface area contributed by atoms with E-state index in [1.165, 1.54) is 37.9 Å². The average Bonchev–Trinajstić information content (AvgIpc) is 2.23. The molecule has 14 heavy (non-hydrogen) atoms. The van der Waals surface area contributed by atoms with Crippen LogP contribution in [-0.4, -0.2) is 23.0 Å². The van der Waals surface area contributed by atoms with Crippen LogP contribution in [-0.2, 0) is 6.54 Å². The fourth-order valence-corrected chi connectivity index (χ4v) is 1.97. The van der Waals surface area contributed by atoms with E-state index in [9.17, 15) is 0 Å². The van der Waals surface area contributed by atoms with E-state index in [-0.39, 0.29) is 0 Å². The van der Waals surface area contributed by atoms with Crippen molar-refractivity contribution in [1.82, 2.24) is 9.88 Å². The molecule has 0 unspecified atom stereocenters.